The number of halogens is 1. The molecular formula is C23H31ClN2O4. The molecule has 0 radical (unpaired) electrons. The molecule has 6 nitrogen and oxygen atoms in total. The van der Waals surface area contributed by atoms with Crippen LogP contribution in [-0.4, -0.2) is 58.8 Å². The van der Waals surface area contributed by atoms with Gasteiger partial charge in [-0.1, -0.05) is 12.1 Å². The number of amides is 1. The van der Waals surface area contributed by atoms with E-state index in [1.807, 2.05) is 48.3 Å². The largest absolute Gasteiger partial charge is 0.493 e. The Morgan fingerprint density at radius 2 is 1.53 bits per heavy atom. The highest BCUT2D eigenvalue weighted by molar-refractivity contribution is 5.94. The van der Waals surface area contributed by atoms with Crippen LogP contribution in [0.3, 0.4) is 0 Å². The molecule has 0 spiro atoms. The summed E-state index contributed by atoms with van der Waals surface area (Å²) in [5, 5.41) is 3.23. The summed E-state index contributed by atoms with van der Waals surface area (Å²) >= 11 is 0. The van der Waals surface area contributed by atoms with Gasteiger partial charge in [0.2, 0.25) is 5.75 Å². The Bertz CT molecular complexity index is 809. The molecule has 1 fully saturated rings. The number of benzene rings is 2. The Morgan fingerprint density at radius 1 is 0.967 bits per heavy atom. The minimum Gasteiger partial charge on any atom is -0.493 e. The minimum atomic E-state index is 0. The Kier molecular flexibility index (Phi) is 8.81. The van der Waals surface area contributed by atoms with Crippen LogP contribution < -0.4 is 19.5 Å². The van der Waals surface area contributed by atoms with E-state index >= 15 is 0 Å². The van der Waals surface area contributed by atoms with Gasteiger partial charge in [0.1, 0.15) is 0 Å². The van der Waals surface area contributed by atoms with E-state index < -0.39 is 0 Å². The van der Waals surface area contributed by atoms with Crippen molar-refractivity contribution in [2.24, 2.45) is 5.92 Å². The summed E-state index contributed by atoms with van der Waals surface area (Å²) in [6.07, 6.45) is 2.10. The van der Waals surface area contributed by atoms with E-state index in [2.05, 4.69) is 5.32 Å². The van der Waals surface area contributed by atoms with Crippen molar-refractivity contribution < 1.29 is 19.0 Å². The van der Waals surface area contributed by atoms with Crippen molar-refractivity contribution in [1.29, 1.82) is 0 Å². The first-order valence-electron chi connectivity index (χ1n) is 9.95. The fraction of sp³-hybridized carbons (Fsp3) is 0.435. The molecule has 1 N–H and O–H groups in total. The first kappa shape index (κ1) is 23.8. The third kappa shape index (κ3) is 5.18. The van der Waals surface area contributed by atoms with Gasteiger partial charge in [-0.2, -0.15) is 0 Å². The molecule has 1 saturated heterocycles. The summed E-state index contributed by atoms with van der Waals surface area (Å²) < 4.78 is 16.3. The summed E-state index contributed by atoms with van der Waals surface area (Å²) in [6.45, 7) is 2.66. The average molecular weight is 435 g/mol. The van der Waals surface area contributed by atoms with Crippen molar-refractivity contribution in [2.75, 3.05) is 48.0 Å². The van der Waals surface area contributed by atoms with E-state index in [9.17, 15) is 4.79 Å². The monoisotopic (exact) mass is 434 g/mol. The second-order valence-electron chi connectivity index (χ2n) is 7.28. The van der Waals surface area contributed by atoms with E-state index in [0.717, 1.165) is 43.6 Å². The number of piperidine rings is 1. The van der Waals surface area contributed by atoms with E-state index in [-0.39, 0.29) is 18.3 Å². The summed E-state index contributed by atoms with van der Waals surface area (Å²) in [6, 6.07) is 11.5. The van der Waals surface area contributed by atoms with Gasteiger partial charge in [0.15, 0.2) is 11.5 Å². The maximum atomic E-state index is 12.9. The van der Waals surface area contributed by atoms with Gasteiger partial charge in [0, 0.05) is 18.7 Å². The smallest absolute Gasteiger partial charge is 0.253 e. The van der Waals surface area contributed by atoms with Gasteiger partial charge in [-0.25, -0.2) is 0 Å². The number of ether oxygens (including phenoxy) is 3. The lowest BCUT2D eigenvalue weighted by atomic mass is 9.96. The highest BCUT2D eigenvalue weighted by Crippen LogP contribution is 2.41. The van der Waals surface area contributed by atoms with E-state index in [0.29, 0.717) is 28.7 Å². The van der Waals surface area contributed by atoms with Crippen LogP contribution in [0.2, 0.25) is 0 Å². The number of rotatable bonds is 7. The molecule has 2 aromatic carbocycles. The molecule has 0 aliphatic carbocycles. The van der Waals surface area contributed by atoms with Crippen LogP contribution in [0.5, 0.6) is 17.2 Å². The van der Waals surface area contributed by atoms with Gasteiger partial charge < -0.3 is 24.4 Å². The summed E-state index contributed by atoms with van der Waals surface area (Å²) in [7, 11) is 6.76. The van der Waals surface area contributed by atoms with E-state index in [4.69, 9.17) is 14.2 Å². The van der Waals surface area contributed by atoms with E-state index in [1.54, 1.807) is 21.3 Å². The van der Waals surface area contributed by atoms with Gasteiger partial charge in [-0.15, -0.1) is 12.4 Å². The van der Waals surface area contributed by atoms with Gasteiger partial charge in [-0.05, 0) is 67.7 Å². The van der Waals surface area contributed by atoms with Crippen LogP contribution in [0, 0.1) is 5.92 Å². The van der Waals surface area contributed by atoms with Crippen molar-refractivity contribution in [3.8, 4) is 28.4 Å². The molecule has 0 saturated carbocycles. The Hall–Kier alpha value is -2.44. The molecule has 30 heavy (non-hydrogen) atoms. The van der Waals surface area contributed by atoms with Crippen LogP contribution >= 0.6 is 12.4 Å². The number of carbonyl (C=O) groups is 1. The molecule has 3 rings (SSSR count). The van der Waals surface area contributed by atoms with Crippen LogP contribution in [0.1, 0.15) is 23.2 Å². The lowest BCUT2D eigenvalue weighted by Crippen LogP contribution is -2.40. The van der Waals surface area contributed by atoms with Crippen molar-refractivity contribution in [3.63, 3.8) is 0 Å². The van der Waals surface area contributed by atoms with Crippen molar-refractivity contribution in [2.45, 2.75) is 12.8 Å². The normalized spacial score (nSPS) is 14.1. The van der Waals surface area contributed by atoms with Gasteiger partial charge in [0.25, 0.3) is 5.91 Å². The molecule has 1 amide bonds. The standard InChI is InChI=1S/C23H30N2O4.ClH/c1-24-15-16-9-11-25(12-10-16)23(26)18-7-5-17(6-8-18)19-13-20(27-2)22(29-4)21(14-19)28-3;/h5-8,13-14,16,24H,9-12,15H2,1-4H3;1H. The lowest BCUT2D eigenvalue weighted by Gasteiger charge is -2.32. The van der Waals surface area contributed by atoms with E-state index in [1.165, 1.54) is 0 Å². The zero-order valence-electron chi connectivity index (χ0n) is 18.1. The molecule has 1 aliphatic heterocycles. The quantitative estimate of drug-likeness (QED) is 0.716. The fourth-order valence-corrected chi connectivity index (χ4v) is 3.86. The number of nitrogens with one attached hydrogen (secondary N) is 1. The third-order valence-corrected chi connectivity index (χ3v) is 5.52. The molecular weight excluding hydrogens is 404 g/mol. The summed E-state index contributed by atoms with van der Waals surface area (Å²) in [4.78, 5) is 14.8. The third-order valence-electron chi connectivity index (χ3n) is 5.52. The van der Waals surface area contributed by atoms with Gasteiger partial charge in [0.05, 0.1) is 21.3 Å². The second kappa shape index (κ2) is 11.1. The molecule has 0 atom stereocenters. The Balaban J connectivity index is 0.00000320. The first-order chi connectivity index (χ1) is 14.1. The van der Waals surface area contributed by atoms with Gasteiger partial charge >= 0.3 is 0 Å². The number of nitrogens with zero attached hydrogens (tertiary/aromatic N) is 1. The van der Waals surface area contributed by atoms with Crippen molar-refractivity contribution in [1.82, 2.24) is 10.2 Å². The SMILES string of the molecule is CNCC1CCN(C(=O)c2ccc(-c3cc(OC)c(OC)c(OC)c3)cc2)CC1.Cl. The molecule has 164 valence electrons. The predicted molar refractivity (Wildman–Crippen MR) is 121 cm³/mol. The second-order valence-corrected chi connectivity index (χ2v) is 7.28. The van der Waals surface area contributed by atoms with Gasteiger partial charge in [-0.3, -0.25) is 4.79 Å². The summed E-state index contributed by atoms with van der Waals surface area (Å²) in [5.74, 6) is 2.53. The highest BCUT2D eigenvalue weighted by Gasteiger charge is 2.23. The number of carbonyl (C=O) groups excluding carboxylic acids is 1. The first-order valence-corrected chi connectivity index (χ1v) is 9.95. The highest BCUT2D eigenvalue weighted by atomic mass is 35.5. The Labute approximate surface area is 184 Å². The Morgan fingerprint density at radius 3 is 2.00 bits per heavy atom. The zero-order chi connectivity index (χ0) is 20.8. The lowest BCUT2D eigenvalue weighted by molar-refractivity contribution is 0.0691. The van der Waals surface area contributed by atoms with Crippen LogP contribution in [0.4, 0.5) is 0 Å². The fourth-order valence-electron chi connectivity index (χ4n) is 3.86. The van der Waals surface area contributed by atoms with Crippen molar-refractivity contribution in [3.05, 3.63) is 42.0 Å². The maximum Gasteiger partial charge on any atom is 0.253 e. The van der Waals surface area contributed by atoms with Crippen LogP contribution in [0.25, 0.3) is 11.1 Å². The average Bonchev–Trinajstić information content (AvgIpc) is 2.78. The maximum absolute atomic E-state index is 12.9. The molecule has 1 aliphatic rings. The van der Waals surface area contributed by atoms with Crippen LogP contribution in [0.15, 0.2) is 36.4 Å². The predicted octanol–water partition coefficient (Wildman–Crippen LogP) is 3.87. The summed E-state index contributed by atoms with van der Waals surface area (Å²) in [5.41, 5.74) is 2.63. The molecule has 0 aromatic heterocycles. The molecule has 2 aromatic rings. The number of hydrogen-bond acceptors (Lipinski definition) is 5. The minimum absolute atomic E-state index is 0. The number of hydrogen-bond donors (Lipinski definition) is 1. The molecule has 1 heterocycles. The molecule has 0 unspecified atom stereocenters. The van der Waals surface area contributed by atoms with Crippen LogP contribution in [-0.2, 0) is 0 Å². The molecule has 0 bridgehead atoms. The topological polar surface area (TPSA) is 60.0 Å². The molecule has 7 heteroatoms. The zero-order valence-corrected chi connectivity index (χ0v) is 18.9. The van der Waals surface area contributed by atoms with Crippen molar-refractivity contribution >= 4 is 18.3 Å². The number of likely N-dealkylation sites (tertiary alicyclic amines) is 1. The number of methoxy groups -OCH3 is 3.